The number of rotatable bonds is 5. The molecule has 2 amide bonds. The van der Waals surface area contributed by atoms with E-state index >= 15 is 0 Å². The summed E-state index contributed by atoms with van der Waals surface area (Å²) in [6.07, 6.45) is 1.96. The average molecular weight is 497 g/mol. The minimum Gasteiger partial charge on any atom is -0.381 e. The zero-order chi connectivity index (χ0) is 25.4. The molecule has 36 heavy (non-hydrogen) atoms. The largest absolute Gasteiger partial charge is 0.416 e. The van der Waals surface area contributed by atoms with Crippen LogP contribution in [-0.2, 0) is 20.5 Å². The Hall–Kier alpha value is -4.12. The van der Waals surface area contributed by atoms with Gasteiger partial charge < -0.3 is 20.4 Å². The van der Waals surface area contributed by atoms with Gasteiger partial charge in [-0.1, -0.05) is 6.07 Å². The molecule has 0 bridgehead atoms. The maximum absolute atomic E-state index is 12.8. The molecule has 2 aromatic carbocycles. The highest BCUT2D eigenvalue weighted by Crippen LogP contribution is 2.31. The van der Waals surface area contributed by atoms with E-state index in [0.717, 1.165) is 28.8 Å². The lowest BCUT2D eigenvalue weighted by atomic mass is 9.89. The molecule has 11 heteroatoms. The van der Waals surface area contributed by atoms with Crippen LogP contribution in [0.3, 0.4) is 0 Å². The normalized spacial score (nSPS) is 17.6. The first-order valence-corrected chi connectivity index (χ1v) is 11.2. The van der Waals surface area contributed by atoms with Crippen molar-refractivity contribution in [1.82, 2.24) is 20.1 Å². The van der Waals surface area contributed by atoms with Crippen LogP contribution in [0.1, 0.15) is 18.4 Å². The highest BCUT2D eigenvalue weighted by Gasteiger charge is 2.32. The number of halogens is 3. The van der Waals surface area contributed by atoms with Gasteiger partial charge in [-0.05, 0) is 54.8 Å². The first-order valence-electron chi connectivity index (χ1n) is 11.2. The summed E-state index contributed by atoms with van der Waals surface area (Å²) < 4.78 is 45.2. The first-order chi connectivity index (χ1) is 17.2. The van der Waals surface area contributed by atoms with Gasteiger partial charge in [0.1, 0.15) is 0 Å². The number of aromatic amines is 1. The Morgan fingerprint density at radius 1 is 1.08 bits per heavy atom. The molecule has 0 atom stereocenters. The fourth-order valence-corrected chi connectivity index (χ4v) is 4.13. The predicted octanol–water partition coefficient (Wildman–Crippen LogP) is 4.27. The Labute approximate surface area is 203 Å². The minimum atomic E-state index is -4.40. The van der Waals surface area contributed by atoms with E-state index in [-0.39, 0.29) is 12.1 Å². The molecule has 8 nitrogen and oxygen atoms in total. The summed E-state index contributed by atoms with van der Waals surface area (Å²) in [6.45, 7) is 0. The quantitative estimate of drug-likeness (QED) is 0.359. The van der Waals surface area contributed by atoms with Crippen LogP contribution in [0, 0.1) is 0 Å². The second-order valence-corrected chi connectivity index (χ2v) is 8.63. The van der Waals surface area contributed by atoms with Gasteiger partial charge in [0.05, 0.1) is 29.2 Å². The molecular formula is C25H22F3N5O3. The van der Waals surface area contributed by atoms with Gasteiger partial charge >= 0.3 is 18.0 Å². The Balaban J connectivity index is 1.31. The summed E-state index contributed by atoms with van der Waals surface area (Å²) in [4.78, 5) is 27.7. The number of anilines is 1. The SMILES string of the molecule is COC1CC(NC(=O)C(=O)Nc2c[nH]c3ccc(-c4cnn(-c5ccc(C(F)(F)F)cc5)c4)cc23)C1. The van der Waals surface area contributed by atoms with Crippen LogP contribution in [0.5, 0.6) is 0 Å². The van der Waals surface area contributed by atoms with Crippen molar-refractivity contribution in [2.75, 3.05) is 12.4 Å². The second kappa shape index (κ2) is 9.15. The van der Waals surface area contributed by atoms with Gasteiger partial charge in [-0.3, -0.25) is 9.59 Å². The van der Waals surface area contributed by atoms with Crippen LogP contribution in [0.15, 0.2) is 61.1 Å². The van der Waals surface area contributed by atoms with E-state index in [1.165, 1.54) is 16.8 Å². The number of ether oxygens (including phenoxy) is 1. The van der Waals surface area contributed by atoms with Crippen molar-refractivity contribution in [3.8, 4) is 16.8 Å². The third-order valence-corrected chi connectivity index (χ3v) is 6.27. The number of hydrogen-bond donors (Lipinski definition) is 3. The lowest BCUT2D eigenvalue weighted by Gasteiger charge is -2.34. The van der Waals surface area contributed by atoms with Crippen molar-refractivity contribution in [1.29, 1.82) is 0 Å². The van der Waals surface area contributed by atoms with Crippen molar-refractivity contribution < 1.29 is 27.5 Å². The average Bonchev–Trinajstić information content (AvgIpc) is 3.48. The number of H-pyrrole nitrogens is 1. The fourth-order valence-electron chi connectivity index (χ4n) is 4.13. The number of nitrogens with one attached hydrogen (secondary N) is 3. The summed E-state index contributed by atoms with van der Waals surface area (Å²) in [5, 5.41) is 10.3. The summed E-state index contributed by atoms with van der Waals surface area (Å²) in [5.74, 6) is -1.48. The summed E-state index contributed by atoms with van der Waals surface area (Å²) >= 11 is 0. The van der Waals surface area contributed by atoms with Gasteiger partial charge in [0.25, 0.3) is 0 Å². The first kappa shape index (κ1) is 23.6. The van der Waals surface area contributed by atoms with Gasteiger partial charge in [0.15, 0.2) is 0 Å². The number of aromatic nitrogens is 3. The number of nitrogens with zero attached hydrogens (tertiary/aromatic N) is 2. The lowest BCUT2D eigenvalue weighted by molar-refractivity contribution is -0.137. The number of benzene rings is 2. The molecule has 2 aromatic heterocycles. The van der Waals surface area contributed by atoms with Crippen molar-refractivity contribution in [2.24, 2.45) is 0 Å². The molecule has 5 rings (SSSR count). The van der Waals surface area contributed by atoms with E-state index in [0.29, 0.717) is 29.6 Å². The van der Waals surface area contributed by atoms with E-state index in [2.05, 4.69) is 20.7 Å². The van der Waals surface area contributed by atoms with Gasteiger partial charge in [0.2, 0.25) is 0 Å². The van der Waals surface area contributed by atoms with E-state index in [1.54, 1.807) is 25.7 Å². The van der Waals surface area contributed by atoms with Crippen LogP contribution < -0.4 is 10.6 Å². The zero-order valence-corrected chi connectivity index (χ0v) is 19.1. The smallest absolute Gasteiger partial charge is 0.381 e. The molecule has 4 aromatic rings. The van der Waals surface area contributed by atoms with E-state index in [4.69, 9.17) is 4.74 Å². The molecule has 0 unspecified atom stereocenters. The second-order valence-electron chi connectivity index (χ2n) is 8.63. The van der Waals surface area contributed by atoms with E-state index in [9.17, 15) is 22.8 Å². The summed E-state index contributed by atoms with van der Waals surface area (Å²) in [6, 6.07) is 10.2. The van der Waals surface area contributed by atoms with Crippen LogP contribution in [0.2, 0.25) is 0 Å². The fraction of sp³-hybridized carbons (Fsp3) is 0.240. The topological polar surface area (TPSA) is 101 Å². The number of carbonyl (C=O) groups is 2. The number of amides is 2. The highest BCUT2D eigenvalue weighted by molar-refractivity contribution is 6.40. The molecule has 0 saturated heterocycles. The number of hydrogen-bond acceptors (Lipinski definition) is 4. The van der Waals surface area contributed by atoms with Crippen molar-refractivity contribution in [3.63, 3.8) is 0 Å². The molecule has 1 fully saturated rings. The monoisotopic (exact) mass is 497 g/mol. The van der Waals surface area contributed by atoms with Crippen molar-refractivity contribution in [2.45, 2.75) is 31.2 Å². The van der Waals surface area contributed by atoms with E-state index < -0.39 is 23.6 Å². The van der Waals surface area contributed by atoms with Crippen LogP contribution in [0.25, 0.3) is 27.7 Å². The zero-order valence-electron chi connectivity index (χ0n) is 19.1. The molecule has 0 spiro atoms. The maximum Gasteiger partial charge on any atom is 0.416 e. The standard InChI is InChI=1S/C25H22F3N5O3/c1-36-19-9-17(10-19)31-23(34)24(35)32-22-12-29-21-7-2-14(8-20(21)22)15-11-30-33(13-15)18-5-3-16(4-6-18)25(26,27)28/h2-8,11-13,17,19,29H,9-10H2,1H3,(H,31,34)(H,32,35). The molecule has 0 aliphatic heterocycles. The Kier molecular flexibility index (Phi) is 6.00. The molecule has 0 radical (unpaired) electrons. The van der Waals surface area contributed by atoms with Crippen LogP contribution in [0.4, 0.5) is 18.9 Å². The lowest BCUT2D eigenvalue weighted by Crippen LogP contribution is -2.50. The van der Waals surface area contributed by atoms with Crippen LogP contribution >= 0.6 is 0 Å². The maximum atomic E-state index is 12.8. The Bertz CT molecular complexity index is 1420. The van der Waals surface area contributed by atoms with Gasteiger partial charge in [-0.25, -0.2) is 4.68 Å². The highest BCUT2D eigenvalue weighted by atomic mass is 19.4. The predicted molar refractivity (Wildman–Crippen MR) is 126 cm³/mol. The molecule has 2 heterocycles. The number of methoxy groups -OCH3 is 1. The van der Waals surface area contributed by atoms with Crippen molar-refractivity contribution in [3.05, 3.63) is 66.6 Å². The Morgan fingerprint density at radius 2 is 1.83 bits per heavy atom. The van der Waals surface area contributed by atoms with Gasteiger partial charge in [-0.2, -0.15) is 18.3 Å². The van der Waals surface area contributed by atoms with Crippen molar-refractivity contribution >= 4 is 28.4 Å². The number of carbonyl (C=O) groups excluding carboxylic acids is 2. The molecular weight excluding hydrogens is 475 g/mol. The molecule has 1 aliphatic carbocycles. The third-order valence-electron chi connectivity index (χ3n) is 6.27. The van der Waals surface area contributed by atoms with Gasteiger partial charge in [-0.15, -0.1) is 0 Å². The molecule has 186 valence electrons. The third kappa shape index (κ3) is 4.69. The molecule has 3 N–H and O–H groups in total. The summed E-state index contributed by atoms with van der Waals surface area (Å²) in [5.41, 5.74) is 2.47. The number of fused-ring (bicyclic) bond motifs is 1. The Morgan fingerprint density at radius 3 is 2.53 bits per heavy atom. The molecule has 1 aliphatic rings. The number of alkyl halides is 3. The van der Waals surface area contributed by atoms with Crippen LogP contribution in [-0.4, -0.2) is 45.8 Å². The molecule has 1 saturated carbocycles. The minimum absolute atomic E-state index is 0.0797. The summed E-state index contributed by atoms with van der Waals surface area (Å²) in [7, 11) is 1.61. The van der Waals surface area contributed by atoms with E-state index in [1.807, 2.05) is 18.2 Å². The van der Waals surface area contributed by atoms with Gasteiger partial charge in [0, 0.05) is 42.0 Å².